The summed E-state index contributed by atoms with van der Waals surface area (Å²) in [5, 5.41) is 11.5. The van der Waals surface area contributed by atoms with Crippen LogP contribution in [0, 0.1) is 56.7 Å². The molecule has 4 nitrogen and oxygen atoms in total. The first-order valence-electron chi connectivity index (χ1n) is 16.6. The van der Waals surface area contributed by atoms with E-state index in [1.807, 2.05) is 30.3 Å². The highest BCUT2D eigenvalue weighted by Crippen LogP contribution is 2.79. The highest BCUT2D eigenvalue weighted by molar-refractivity contribution is 5.78. The molecule has 0 amide bonds. The Balaban J connectivity index is 1.23. The fraction of sp³-hybridized carbons (Fsp3) is 0.757. The van der Waals surface area contributed by atoms with Crippen LogP contribution in [0.5, 0.6) is 0 Å². The fourth-order valence-corrected chi connectivity index (χ4v) is 12.8. The number of rotatable bonds is 4. The lowest BCUT2D eigenvalue weighted by Crippen LogP contribution is -2.74. The maximum atomic E-state index is 14.2. The lowest BCUT2D eigenvalue weighted by molar-refractivity contribution is -0.400. The number of fused-ring (bicyclic) bond motifs is 7. The summed E-state index contributed by atoms with van der Waals surface area (Å²) >= 11 is 0. The second-order valence-corrected chi connectivity index (χ2v) is 16.4. The van der Waals surface area contributed by atoms with Gasteiger partial charge in [-0.15, -0.1) is 0 Å². The third-order valence-electron chi connectivity index (χ3n) is 15.1. The summed E-state index contributed by atoms with van der Waals surface area (Å²) < 4.78 is 12.6. The summed E-state index contributed by atoms with van der Waals surface area (Å²) in [4.78, 5) is 14.2. The smallest absolute Gasteiger partial charge is 0.312 e. The average Bonchev–Trinajstić information content (AvgIpc) is 3.35. The van der Waals surface area contributed by atoms with E-state index in [-0.39, 0.29) is 27.6 Å². The van der Waals surface area contributed by atoms with Crippen molar-refractivity contribution in [2.75, 3.05) is 6.61 Å². The number of ether oxygens (including phenoxy) is 2. The third kappa shape index (κ3) is 3.44. The van der Waals surface area contributed by atoms with Gasteiger partial charge in [0, 0.05) is 17.3 Å². The van der Waals surface area contributed by atoms with E-state index in [1.54, 1.807) is 0 Å². The number of esters is 1. The monoisotopic (exact) mass is 560 g/mol. The van der Waals surface area contributed by atoms with Crippen LogP contribution in [0.3, 0.4) is 0 Å². The van der Waals surface area contributed by atoms with E-state index >= 15 is 0 Å². The number of carbonyl (C=O) groups excluding carboxylic acids is 1. The molecule has 2 saturated heterocycles. The van der Waals surface area contributed by atoms with Crippen molar-refractivity contribution in [2.24, 2.45) is 56.7 Å². The molecule has 5 aliphatic carbocycles. The SMILES string of the molecule is C=C(C)[C@@H]1CC[C@]2(C(=O)OCc3ccccc3)CC[C@]3(C)[C@H](CC[C@@H]4[C@]56CC[C@@](O)(OC5)C(C)(C)[C@@H]6CC[C@]43C)[C@@H]12. The van der Waals surface area contributed by atoms with Gasteiger partial charge in [-0.3, -0.25) is 4.79 Å². The standard InChI is InChI=1S/C37H52O4/c1-24(2)26-14-17-35(31(38)40-22-25-10-8-7-9-11-25)19-18-33(5)27(30(26)35)12-13-29-34(33,6)16-15-28-32(3,4)37(39)21-20-36(28,29)23-41-37/h7-11,26-30,39H,1,12-23H2,2-6H3/t26-,27+,28-,29-,30+,33+,34+,35-,36+,37+/m0/s1. The molecular formula is C37H52O4. The number of hydrogen-bond acceptors (Lipinski definition) is 4. The second-order valence-electron chi connectivity index (χ2n) is 16.4. The van der Waals surface area contributed by atoms with Crippen LogP contribution in [0.1, 0.15) is 104 Å². The Kier molecular flexibility index (Phi) is 6.14. The topological polar surface area (TPSA) is 55.8 Å². The quantitative estimate of drug-likeness (QED) is 0.299. The first kappa shape index (κ1) is 28.1. The first-order chi connectivity index (χ1) is 19.3. The van der Waals surface area contributed by atoms with E-state index in [1.165, 1.54) is 31.3 Å². The predicted octanol–water partition coefficient (Wildman–Crippen LogP) is 8.09. The Morgan fingerprint density at radius 3 is 2.37 bits per heavy atom. The molecule has 7 fully saturated rings. The largest absolute Gasteiger partial charge is 0.460 e. The van der Waals surface area contributed by atoms with Gasteiger partial charge in [0.1, 0.15) is 6.61 Å². The van der Waals surface area contributed by atoms with Crippen LogP contribution in [-0.4, -0.2) is 23.5 Å². The minimum atomic E-state index is -0.975. The molecule has 1 aromatic carbocycles. The highest BCUT2D eigenvalue weighted by Gasteiger charge is 2.76. The van der Waals surface area contributed by atoms with Crippen molar-refractivity contribution < 1.29 is 19.4 Å². The molecule has 2 aliphatic heterocycles. The molecule has 5 saturated carbocycles. The lowest BCUT2D eigenvalue weighted by Gasteiger charge is -2.75. The normalized spacial score (nSPS) is 49.3. The minimum Gasteiger partial charge on any atom is -0.460 e. The van der Waals surface area contributed by atoms with Gasteiger partial charge >= 0.3 is 5.97 Å². The van der Waals surface area contributed by atoms with E-state index < -0.39 is 11.2 Å². The van der Waals surface area contributed by atoms with Crippen LogP contribution >= 0.6 is 0 Å². The van der Waals surface area contributed by atoms with Gasteiger partial charge in [0.25, 0.3) is 0 Å². The molecule has 1 N–H and O–H groups in total. The van der Waals surface area contributed by atoms with Crippen molar-refractivity contribution in [3.8, 4) is 0 Å². The number of allylic oxidation sites excluding steroid dienone is 1. The maximum absolute atomic E-state index is 14.2. The minimum absolute atomic E-state index is 0.0423. The van der Waals surface area contributed by atoms with E-state index in [4.69, 9.17) is 9.47 Å². The molecule has 1 aromatic rings. The molecule has 10 atom stereocenters. The van der Waals surface area contributed by atoms with Crippen molar-refractivity contribution in [3.63, 3.8) is 0 Å². The zero-order valence-electron chi connectivity index (χ0n) is 26.1. The van der Waals surface area contributed by atoms with Gasteiger partial charge in [0.15, 0.2) is 5.79 Å². The predicted molar refractivity (Wildman–Crippen MR) is 160 cm³/mol. The molecule has 2 heterocycles. The van der Waals surface area contributed by atoms with E-state index in [0.29, 0.717) is 42.8 Å². The van der Waals surface area contributed by atoms with Crippen molar-refractivity contribution in [1.82, 2.24) is 0 Å². The van der Waals surface area contributed by atoms with Gasteiger partial charge in [-0.1, -0.05) is 70.2 Å². The van der Waals surface area contributed by atoms with E-state index in [9.17, 15) is 9.90 Å². The molecule has 0 unspecified atom stereocenters. The first-order valence-corrected chi connectivity index (χ1v) is 16.6. The molecule has 41 heavy (non-hydrogen) atoms. The summed E-state index contributed by atoms with van der Waals surface area (Å²) in [5.41, 5.74) is 2.21. The van der Waals surface area contributed by atoms with Gasteiger partial charge in [0.05, 0.1) is 12.0 Å². The molecule has 2 bridgehead atoms. The van der Waals surface area contributed by atoms with Crippen molar-refractivity contribution in [2.45, 2.75) is 111 Å². The third-order valence-corrected chi connectivity index (χ3v) is 15.1. The van der Waals surface area contributed by atoms with Crippen LogP contribution in [0.2, 0.25) is 0 Å². The Morgan fingerprint density at radius 2 is 1.68 bits per heavy atom. The molecule has 7 aliphatic rings. The zero-order chi connectivity index (χ0) is 29.1. The Hall–Kier alpha value is -1.65. The summed E-state index contributed by atoms with van der Waals surface area (Å²) in [6, 6.07) is 10.1. The van der Waals surface area contributed by atoms with Gasteiger partial charge < -0.3 is 14.6 Å². The highest BCUT2D eigenvalue weighted by atomic mass is 16.6. The van der Waals surface area contributed by atoms with Gasteiger partial charge in [-0.05, 0) is 111 Å². The number of carbonyl (C=O) groups is 1. The lowest BCUT2D eigenvalue weighted by atomic mass is 9.31. The van der Waals surface area contributed by atoms with Gasteiger partial charge in [-0.25, -0.2) is 0 Å². The van der Waals surface area contributed by atoms with Crippen LogP contribution in [-0.2, 0) is 20.9 Å². The van der Waals surface area contributed by atoms with Gasteiger partial charge in [-0.2, -0.15) is 0 Å². The zero-order valence-corrected chi connectivity index (χ0v) is 26.1. The summed E-state index contributed by atoms with van der Waals surface area (Å²) in [6.07, 6.45) is 10.6. The van der Waals surface area contributed by atoms with Crippen LogP contribution < -0.4 is 0 Å². The number of benzene rings is 1. The second kappa shape index (κ2) is 8.94. The van der Waals surface area contributed by atoms with Crippen LogP contribution in [0.25, 0.3) is 0 Å². The average molecular weight is 561 g/mol. The molecule has 8 rings (SSSR count). The van der Waals surface area contributed by atoms with Crippen LogP contribution in [0.15, 0.2) is 42.5 Å². The maximum Gasteiger partial charge on any atom is 0.312 e. The van der Waals surface area contributed by atoms with E-state index in [0.717, 1.165) is 44.1 Å². The summed E-state index contributed by atoms with van der Waals surface area (Å²) in [5.74, 6) is 1.37. The Bertz CT molecular complexity index is 1230. The molecule has 4 heteroatoms. The fourth-order valence-electron chi connectivity index (χ4n) is 12.8. The Labute approximate surface area is 247 Å². The number of hydrogen-bond donors (Lipinski definition) is 1. The molecule has 1 spiro atoms. The van der Waals surface area contributed by atoms with Gasteiger partial charge in [0.2, 0.25) is 0 Å². The summed E-state index contributed by atoms with van der Waals surface area (Å²) in [7, 11) is 0. The molecule has 224 valence electrons. The van der Waals surface area contributed by atoms with E-state index in [2.05, 4.69) is 41.2 Å². The Morgan fingerprint density at radius 1 is 0.927 bits per heavy atom. The number of aliphatic hydroxyl groups is 1. The van der Waals surface area contributed by atoms with Crippen molar-refractivity contribution in [3.05, 3.63) is 48.0 Å². The van der Waals surface area contributed by atoms with Crippen molar-refractivity contribution >= 4 is 5.97 Å². The van der Waals surface area contributed by atoms with Crippen LogP contribution in [0.4, 0.5) is 0 Å². The van der Waals surface area contributed by atoms with Crippen molar-refractivity contribution in [1.29, 1.82) is 0 Å². The molecule has 0 radical (unpaired) electrons. The molecular weight excluding hydrogens is 508 g/mol. The molecule has 0 aromatic heterocycles. The summed E-state index contributed by atoms with van der Waals surface area (Å²) in [6.45, 7) is 17.5.